The number of nitrogens with one attached hydrogen (secondary N) is 1. The van der Waals surface area contributed by atoms with Crippen LogP contribution in [-0.4, -0.2) is 31.6 Å². The molecule has 1 saturated heterocycles. The Morgan fingerprint density at radius 3 is 2.70 bits per heavy atom. The first kappa shape index (κ1) is 18.8. The van der Waals surface area contributed by atoms with Crippen molar-refractivity contribution in [3.8, 4) is 11.5 Å². The number of amides is 2. The van der Waals surface area contributed by atoms with Crippen LogP contribution in [0.5, 0.6) is 11.5 Å². The molecule has 0 aromatic heterocycles. The van der Waals surface area contributed by atoms with E-state index in [1.54, 1.807) is 30.2 Å². The Bertz CT molecular complexity index is 834. The van der Waals surface area contributed by atoms with Gasteiger partial charge in [-0.25, -0.2) is 0 Å². The van der Waals surface area contributed by atoms with Crippen molar-refractivity contribution in [2.24, 2.45) is 5.92 Å². The lowest BCUT2D eigenvalue weighted by atomic mass is 10.1. The van der Waals surface area contributed by atoms with Crippen LogP contribution < -0.4 is 19.7 Å². The van der Waals surface area contributed by atoms with Crippen LogP contribution >= 0.6 is 0 Å². The third-order valence-electron chi connectivity index (χ3n) is 4.35. The summed E-state index contributed by atoms with van der Waals surface area (Å²) in [5.41, 5.74) is 1.35. The first-order chi connectivity index (χ1) is 13.0. The van der Waals surface area contributed by atoms with E-state index >= 15 is 0 Å². The molecule has 1 heterocycles. The van der Waals surface area contributed by atoms with E-state index in [2.05, 4.69) is 5.32 Å². The molecule has 0 bridgehead atoms. The standard InChI is InChI=1S/C21H24N2O4/c1-14(2)27-19-10-5-4-9-18(19)23-13-15(11-20(23)24)21(25)22-16-7-6-8-17(12-16)26-3/h4-10,12,14-15H,11,13H2,1-3H3,(H,22,25). The minimum absolute atomic E-state index is 0.00369. The Morgan fingerprint density at radius 1 is 1.19 bits per heavy atom. The summed E-state index contributed by atoms with van der Waals surface area (Å²) >= 11 is 0. The third-order valence-corrected chi connectivity index (χ3v) is 4.35. The molecule has 0 saturated carbocycles. The van der Waals surface area contributed by atoms with Gasteiger partial charge in [-0.2, -0.15) is 0 Å². The lowest BCUT2D eigenvalue weighted by Gasteiger charge is -2.21. The highest BCUT2D eigenvalue weighted by atomic mass is 16.5. The fourth-order valence-electron chi connectivity index (χ4n) is 3.09. The lowest BCUT2D eigenvalue weighted by molar-refractivity contribution is -0.122. The van der Waals surface area contributed by atoms with Crippen molar-refractivity contribution in [2.75, 3.05) is 23.9 Å². The predicted octanol–water partition coefficient (Wildman–Crippen LogP) is 3.47. The number of hydrogen-bond acceptors (Lipinski definition) is 4. The average molecular weight is 368 g/mol. The van der Waals surface area contributed by atoms with E-state index in [1.807, 2.05) is 44.2 Å². The van der Waals surface area contributed by atoms with Gasteiger partial charge in [-0.1, -0.05) is 18.2 Å². The lowest BCUT2D eigenvalue weighted by Crippen LogP contribution is -2.28. The van der Waals surface area contributed by atoms with Gasteiger partial charge in [0.2, 0.25) is 11.8 Å². The van der Waals surface area contributed by atoms with Crippen LogP contribution in [-0.2, 0) is 9.59 Å². The summed E-state index contributed by atoms with van der Waals surface area (Å²) in [6.45, 7) is 4.20. The molecule has 0 aliphatic carbocycles. The SMILES string of the molecule is COc1cccc(NC(=O)C2CC(=O)N(c3ccccc3OC(C)C)C2)c1. The van der Waals surface area contributed by atoms with E-state index in [0.717, 1.165) is 0 Å². The highest BCUT2D eigenvalue weighted by Gasteiger charge is 2.36. The van der Waals surface area contributed by atoms with Crippen molar-refractivity contribution in [1.82, 2.24) is 0 Å². The highest BCUT2D eigenvalue weighted by molar-refractivity contribution is 6.04. The van der Waals surface area contributed by atoms with Crippen molar-refractivity contribution in [3.05, 3.63) is 48.5 Å². The van der Waals surface area contributed by atoms with Gasteiger partial charge in [0, 0.05) is 24.7 Å². The number of rotatable bonds is 6. The van der Waals surface area contributed by atoms with Crippen LogP contribution in [0, 0.1) is 5.92 Å². The summed E-state index contributed by atoms with van der Waals surface area (Å²) in [7, 11) is 1.57. The normalized spacial score (nSPS) is 16.5. The molecule has 6 heteroatoms. The summed E-state index contributed by atoms with van der Waals surface area (Å²) in [6.07, 6.45) is 0.169. The molecule has 2 amide bonds. The number of para-hydroxylation sites is 2. The molecule has 27 heavy (non-hydrogen) atoms. The van der Waals surface area contributed by atoms with Gasteiger partial charge in [0.15, 0.2) is 0 Å². The van der Waals surface area contributed by atoms with Gasteiger partial charge in [0.25, 0.3) is 0 Å². The molecule has 1 atom stereocenters. The molecular weight excluding hydrogens is 344 g/mol. The van der Waals surface area contributed by atoms with E-state index in [1.165, 1.54) is 0 Å². The van der Waals surface area contributed by atoms with Gasteiger partial charge in [0.1, 0.15) is 11.5 Å². The van der Waals surface area contributed by atoms with E-state index in [4.69, 9.17) is 9.47 Å². The van der Waals surface area contributed by atoms with Gasteiger partial charge in [-0.05, 0) is 38.1 Å². The number of ether oxygens (including phenoxy) is 2. The molecule has 3 rings (SSSR count). The zero-order chi connectivity index (χ0) is 19.4. The third kappa shape index (κ3) is 4.39. The monoisotopic (exact) mass is 368 g/mol. The summed E-state index contributed by atoms with van der Waals surface area (Å²) in [4.78, 5) is 26.8. The van der Waals surface area contributed by atoms with E-state index < -0.39 is 5.92 Å². The first-order valence-corrected chi connectivity index (χ1v) is 8.99. The average Bonchev–Trinajstić information content (AvgIpc) is 3.03. The van der Waals surface area contributed by atoms with Crippen LogP contribution in [0.3, 0.4) is 0 Å². The van der Waals surface area contributed by atoms with Crippen molar-refractivity contribution in [2.45, 2.75) is 26.4 Å². The molecule has 1 unspecified atom stereocenters. The largest absolute Gasteiger partial charge is 0.497 e. The molecular formula is C21H24N2O4. The van der Waals surface area contributed by atoms with E-state index in [-0.39, 0.29) is 24.3 Å². The second kappa shape index (κ2) is 8.12. The van der Waals surface area contributed by atoms with Crippen molar-refractivity contribution >= 4 is 23.2 Å². The second-order valence-corrected chi connectivity index (χ2v) is 6.76. The Labute approximate surface area is 159 Å². The molecule has 1 N–H and O–H groups in total. The van der Waals surface area contributed by atoms with Crippen molar-refractivity contribution < 1.29 is 19.1 Å². The highest BCUT2D eigenvalue weighted by Crippen LogP contribution is 2.34. The van der Waals surface area contributed by atoms with Gasteiger partial charge >= 0.3 is 0 Å². The first-order valence-electron chi connectivity index (χ1n) is 8.99. The zero-order valence-corrected chi connectivity index (χ0v) is 15.8. The summed E-state index contributed by atoms with van der Waals surface area (Å²) in [5, 5.41) is 2.87. The minimum Gasteiger partial charge on any atom is -0.497 e. The van der Waals surface area contributed by atoms with E-state index in [0.29, 0.717) is 29.4 Å². The number of anilines is 2. The fraction of sp³-hybridized carbons (Fsp3) is 0.333. The molecule has 1 fully saturated rings. The number of carbonyl (C=O) groups is 2. The Hall–Kier alpha value is -3.02. The van der Waals surface area contributed by atoms with Gasteiger partial charge < -0.3 is 19.7 Å². The molecule has 1 aliphatic heterocycles. The van der Waals surface area contributed by atoms with Gasteiger partial charge in [0.05, 0.1) is 24.8 Å². The molecule has 2 aromatic rings. The number of methoxy groups -OCH3 is 1. The number of nitrogens with zero attached hydrogens (tertiary/aromatic N) is 1. The number of carbonyl (C=O) groups excluding carboxylic acids is 2. The smallest absolute Gasteiger partial charge is 0.229 e. The van der Waals surface area contributed by atoms with Gasteiger partial charge in [-0.15, -0.1) is 0 Å². The van der Waals surface area contributed by atoms with Crippen LogP contribution in [0.4, 0.5) is 11.4 Å². The van der Waals surface area contributed by atoms with Crippen LogP contribution in [0.2, 0.25) is 0 Å². The molecule has 6 nitrogen and oxygen atoms in total. The maximum absolute atomic E-state index is 12.6. The second-order valence-electron chi connectivity index (χ2n) is 6.76. The van der Waals surface area contributed by atoms with Crippen LogP contribution in [0.15, 0.2) is 48.5 Å². The number of hydrogen-bond donors (Lipinski definition) is 1. The van der Waals surface area contributed by atoms with E-state index in [9.17, 15) is 9.59 Å². The molecule has 0 radical (unpaired) electrons. The Balaban J connectivity index is 1.73. The Kier molecular flexibility index (Phi) is 5.64. The quantitative estimate of drug-likeness (QED) is 0.848. The van der Waals surface area contributed by atoms with Crippen molar-refractivity contribution in [1.29, 1.82) is 0 Å². The molecule has 0 spiro atoms. The maximum atomic E-state index is 12.6. The summed E-state index contributed by atoms with van der Waals surface area (Å²) < 4.78 is 11.0. The van der Waals surface area contributed by atoms with Crippen LogP contribution in [0.25, 0.3) is 0 Å². The molecule has 1 aliphatic rings. The van der Waals surface area contributed by atoms with Gasteiger partial charge in [-0.3, -0.25) is 9.59 Å². The Morgan fingerprint density at radius 2 is 1.96 bits per heavy atom. The van der Waals surface area contributed by atoms with Crippen LogP contribution in [0.1, 0.15) is 20.3 Å². The van der Waals surface area contributed by atoms with Crippen molar-refractivity contribution in [3.63, 3.8) is 0 Å². The summed E-state index contributed by atoms with van der Waals surface area (Å²) in [5.74, 6) is 0.629. The molecule has 142 valence electrons. The topological polar surface area (TPSA) is 67.9 Å². The maximum Gasteiger partial charge on any atom is 0.229 e. The summed E-state index contributed by atoms with van der Waals surface area (Å²) in [6, 6.07) is 14.6. The zero-order valence-electron chi connectivity index (χ0n) is 15.8. The fourth-order valence-corrected chi connectivity index (χ4v) is 3.09. The number of benzene rings is 2. The predicted molar refractivity (Wildman–Crippen MR) is 104 cm³/mol. The molecule has 2 aromatic carbocycles. The minimum atomic E-state index is -0.421.